The molecule has 0 aliphatic heterocycles. The van der Waals surface area contributed by atoms with E-state index < -0.39 is 16.7 Å². The van der Waals surface area contributed by atoms with Crippen molar-refractivity contribution in [3.63, 3.8) is 0 Å². The van der Waals surface area contributed by atoms with Crippen LogP contribution in [0.1, 0.15) is 5.56 Å². The Balaban J connectivity index is 2.26. The van der Waals surface area contributed by atoms with E-state index in [0.717, 1.165) is 23.9 Å². The van der Waals surface area contributed by atoms with E-state index in [-0.39, 0.29) is 5.69 Å². The Morgan fingerprint density at radius 3 is 2.20 bits per heavy atom. The van der Waals surface area contributed by atoms with E-state index >= 15 is 0 Å². The number of nitro benzene ring substituents is 1. The fourth-order valence-corrected chi connectivity index (χ4v) is 2.46. The van der Waals surface area contributed by atoms with Gasteiger partial charge in [-0.05, 0) is 24.3 Å². The second-order valence-corrected chi connectivity index (χ2v) is 5.03. The molecule has 0 bridgehead atoms. The maximum absolute atomic E-state index is 12.6. The van der Waals surface area contributed by atoms with Crippen molar-refractivity contribution in [2.45, 2.75) is 16.0 Å². The summed E-state index contributed by atoms with van der Waals surface area (Å²) in [6, 6.07) is 10.6. The summed E-state index contributed by atoms with van der Waals surface area (Å²) in [5, 5.41) is 10.6. The molecule has 0 atom stereocenters. The number of hydrogen-bond donors (Lipinski definition) is 0. The molecule has 2 aromatic rings. The number of benzene rings is 2. The summed E-state index contributed by atoms with van der Waals surface area (Å²) < 4.78 is 37.7. The monoisotopic (exact) mass is 299 g/mol. The van der Waals surface area contributed by atoms with Gasteiger partial charge in [0.2, 0.25) is 0 Å². The number of hydrogen-bond acceptors (Lipinski definition) is 3. The number of nitrogens with zero attached hydrogens (tertiary/aromatic N) is 1. The lowest BCUT2D eigenvalue weighted by Gasteiger charge is -2.08. The largest absolute Gasteiger partial charge is 0.416 e. The highest BCUT2D eigenvalue weighted by Gasteiger charge is 2.30. The van der Waals surface area contributed by atoms with E-state index in [2.05, 4.69) is 0 Å². The van der Waals surface area contributed by atoms with Crippen molar-refractivity contribution in [2.24, 2.45) is 0 Å². The van der Waals surface area contributed by atoms with Crippen molar-refractivity contribution in [1.82, 2.24) is 0 Å². The fourth-order valence-electron chi connectivity index (χ4n) is 1.53. The zero-order valence-electron chi connectivity index (χ0n) is 9.92. The van der Waals surface area contributed by atoms with Crippen LogP contribution in [0, 0.1) is 10.1 Å². The van der Waals surface area contributed by atoms with Crippen LogP contribution >= 0.6 is 11.8 Å². The maximum atomic E-state index is 12.6. The molecule has 3 nitrogen and oxygen atoms in total. The second-order valence-electron chi connectivity index (χ2n) is 3.88. The minimum atomic E-state index is -4.40. The van der Waals surface area contributed by atoms with Crippen LogP contribution in [0.25, 0.3) is 0 Å². The first-order valence-electron chi connectivity index (χ1n) is 5.46. The highest BCUT2D eigenvalue weighted by atomic mass is 32.2. The predicted molar refractivity (Wildman–Crippen MR) is 68.7 cm³/mol. The first kappa shape index (κ1) is 14.4. The molecule has 2 rings (SSSR count). The molecule has 7 heteroatoms. The van der Waals surface area contributed by atoms with Gasteiger partial charge in [0.1, 0.15) is 0 Å². The molecule has 20 heavy (non-hydrogen) atoms. The third-order valence-electron chi connectivity index (χ3n) is 2.43. The molecule has 0 aliphatic rings. The summed E-state index contributed by atoms with van der Waals surface area (Å²) in [5.74, 6) is 0. The molecule has 0 radical (unpaired) electrons. The van der Waals surface area contributed by atoms with Crippen molar-refractivity contribution in [3.8, 4) is 0 Å². The van der Waals surface area contributed by atoms with Gasteiger partial charge < -0.3 is 0 Å². The zero-order chi connectivity index (χ0) is 14.8. The van der Waals surface area contributed by atoms with Gasteiger partial charge in [-0.15, -0.1) is 0 Å². The summed E-state index contributed by atoms with van der Waals surface area (Å²) in [7, 11) is 0. The van der Waals surface area contributed by atoms with E-state index in [4.69, 9.17) is 0 Å². The Morgan fingerprint density at radius 1 is 1.00 bits per heavy atom. The molecular weight excluding hydrogens is 291 g/mol. The molecule has 0 fully saturated rings. The van der Waals surface area contributed by atoms with Crippen LogP contribution in [0.15, 0.2) is 58.3 Å². The molecule has 0 saturated heterocycles. The van der Waals surface area contributed by atoms with Gasteiger partial charge >= 0.3 is 6.18 Å². The molecule has 0 saturated carbocycles. The normalized spacial score (nSPS) is 11.3. The first-order chi connectivity index (χ1) is 9.36. The van der Waals surface area contributed by atoms with Crippen LogP contribution < -0.4 is 0 Å². The highest BCUT2D eigenvalue weighted by molar-refractivity contribution is 7.99. The summed E-state index contributed by atoms with van der Waals surface area (Å²) >= 11 is 1.04. The molecule has 0 aromatic heterocycles. The second kappa shape index (κ2) is 5.54. The Labute approximate surface area is 116 Å². The SMILES string of the molecule is O=[N+]([O-])c1cccc(Sc2cccc(C(F)(F)F)c2)c1. The lowest BCUT2D eigenvalue weighted by molar-refractivity contribution is -0.385. The quantitative estimate of drug-likeness (QED) is 0.606. The van der Waals surface area contributed by atoms with Gasteiger partial charge in [0.25, 0.3) is 5.69 Å². The molecule has 0 aliphatic carbocycles. The number of nitro groups is 1. The summed E-state index contributed by atoms with van der Waals surface area (Å²) in [5.41, 5.74) is -0.838. The van der Waals surface area contributed by atoms with Crippen LogP contribution in [-0.2, 0) is 6.18 Å². The first-order valence-corrected chi connectivity index (χ1v) is 6.27. The lowest BCUT2D eigenvalue weighted by atomic mass is 10.2. The summed E-state index contributed by atoms with van der Waals surface area (Å²) in [4.78, 5) is 11.0. The topological polar surface area (TPSA) is 43.1 Å². The van der Waals surface area contributed by atoms with Crippen molar-refractivity contribution in [1.29, 1.82) is 0 Å². The van der Waals surface area contributed by atoms with E-state index in [1.165, 1.54) is 30.3 Å². The Morgan fingerprint density at radius 2 is 1.60 bits per heavy atom. The third-order valence-corrected chi connectivity index (χ3v) is 3.40. The van der Waals surface area contributed by atoms with Crippen LogP contribution in [-0.4, -0.2) is 4.92 Å². The third kappa shape index (κ3) is 3.51. The maximum Gasteiger partial charge on any atom is 0.416 e. The number of rotatable bonds is 3. The average Bonchev–Trinajstić information content (AvgIpc) is 2.38. The lowest BCUT2D eigenvalue weighted by Crippen LogP contribution is -2.04. The van der Waals surface area contributed by atoms with E-state index in [1.54, 1.807) is 6.07 Å². The van der Waals surface area contributed by atoms with Crippen LogP contribution in [0.2, 0.25) is 0 Å². The van der Waals surface area contributed by atoms with Crippen LogP contribution in [0.4, 0.5) is 18.9 Å². The molecule has 0 unspecified atom stereocenters. The van der Waals surface area contributed by atoms with Crippen LogP contribution in [0.3, 0.4) is 0 Å². The number of alkyl halides is 3. The van der Waals surface area contributed by atoms with Gasteiger partial charge in [0.05, 0.1) is 10.5 Å². The van der Waals surface area contributed by atoms with E-state index in [1.807, 2.05) is 0 Å². The summed E-state index contributed by atoms with van der Waals surface area (Å²) in [6.45, 7) is 0. The molecule has 0 amide bonds. The highest BCUT2D eigenvalue weighted by Crippen LogP contribution is 2.35. The molecule has 104 valence electrons. The van der Waals surface area contributed by atoms with Crippen molar-refractivity contribution in [2.75, 3.05) is 0 Å². The van der Waals surface area contributed by atoms with Gasteiger partial charge in [-0.3, -0.25) is 10.1 Å². The molecular formula is C13H8F3NO2S. The average molecular weight is 299 g/mol. The molecule has 0 N–H and O–H groups in total. The Bertz CT molecular complexity index is 644. The Hall–Kier alpha value is -2.02. The van der Waals surface area contributed by atoms with Crippen molar-refractivity contribution in [3.05, 3.63) is 64.2 Å². The van der Waals surface area contributed by atoms with E-state index in [9.17, 15) is 23.3 Å². The van der Waals surface area contributed by atoms with E-state index in [0.29, 0.717) is 9.79 Å². The molecule has 0 spiro atoms. The number of halogens is 3. The van der Waals surface area contributed by atoms with Gasteiger partial charge in [-0.2, -0.15) is 13.2 Å². The number of non-ortho nitro benzene ring substituents is 1. The van der Waals surface area contributed by atoms with Crippen molar-refractivity contribution >= 4 is 17.4 Å². The smallest absolute Gasteiger partial charge is 0.258 e. The summed E-state index contributed by atoms with van der Waals surface area (Å²) in [6.07, 6.45) is -4.40. The minimum absolute atomic E-state index is 0.0954. The van der Waals surface area contributed by atoms with Crippen molar-refractivity contribution < 1.29 is 18.1 Å². The Kier molecular flexibility index (Phi) is 3.99. The molecule has 2 aromatic carbocycles. The molecule has 0 heterocycles. The standard InChI is InChI=1S/C13H8F3NO2S/c14-13(15,16)9-3-1-5-11(7-9)20-12-6-2-4-10(8-12)17(18)19/h1-8H. The fraction of sp³-hybridized carbons (Fsp3) is 0.0769. The van der Waals surface area contributed by atoms with Gasteiger partial charge in [0, 0.05) is 21.9 Å². The van der Waals surface area contributed by atoms with Gasteiger partial charge in [-0.25, -0.2) is 0 Å². The minimum Gasteiger partial charge on any atom is -0.258 e. The zero-order valence-corrected chi connectivity index (χ0v) is 10.7. The van der Waals surface area contributed by atoms with Gasteiger partial charge in [-0.1, -0.05) is 23.9 Å². The van der Waals surface area contributed by atoms with Gasteiger partial charge in [0.15, 0.2) is 0 Å². The van der Waals surface area contributed by atoms with Crippen LogP contribution in [0.5, 0.6) is 0 Å². The predicted octanol–water partition coefficient (Wildman–Crippen LogP) is 4.76.